The Hall–Kier alpha value is -2.12. The highest BCUT2D eigenvalue weighted by Crippen LogP contribution is 2.30. The average Bonchev–Trinajstić information content (AvgIpc) is 3.06. The van der Waals surface area contributed by atoms with Crippen LogP contribution in [0.4, 0.5) is 4.39 Å². The van der Waals surface area contributed by atoms with Gasteiger partial charge in [0.1, 0.15) is 15.7 Å². The largest absolute Gasteiger partial charge is 0.333 e. The van der Waals surface area contributed by atoms with Gasteiger partial charge in [0.2, 0.25) is 5.82 Å². The van der Waals surface area contributed by atoms with Gasteiger partial charge in [-0.05, 0) is 31.2 Å². The molecule has 7 heteroatoms. The topological polar surface area (TPSA) is 77.8 Å². The Morgan fingerprint density at radius 2 is 2.00 bits per heavy atom. The lowest BCUT2D eigenvalue weighted by Gasteiger charge is -1.92. The molecule has 0 saturated heterocycles. The van der Waals surface area contributed by atoms with Gasteiger partial charge in [-0.2, -0.15) is 4.98 Å². The lowest BCUT2D eigenvalue weighted by Crippen LogP contribution is -1.94. The lowest BCUT2D eigenvalue weighted by molar-refractivity contribution is 0.433. The van der Waals surface area contributed by atoms with E-state index in [9.17, 15) is 4.39 Å². The van der Waals surface area contributed by atoms with Crippen LogP contribution in [0.2, 0.25) is 0 Å². The van der Waals surface area contributed by atoms with Crippen LogP contribution in [0.1, 0.15) is 10.7 Å². The molecule has 20 heavy (non-hydrogen) atoms. The van der Waals surface area contributed by atoms with E-state index >= 15 is 0 Å². The molecule has 1 aromatic carbocycles. The highest BCUT2D eigenvalue weighted by molar-refractivity contribution is 7.15. The first-order chi connectivity index (χ1) is 9.67. The molecule has 0 unspecified atom stereocenters. The Kier molecular flexibility index (Phi) is 3.29. The fraction of sp³-hybridized carbons (Fsp3) is 0.154. The quantitative estimate of drug-likeness (QED) is 0.802. The maximum absolute atomic E-state index is 12.9. The van der Waals surface area contributed by atoms with E-state index in [1.165, 1.54) is 23.5 Å². The van der Waals surface area contributed by atoms with Crippen molar-refractivity contribution >= 4 is 11.3 Å². The normalized spacial score (nSPS) is 10.9. The zero-order valence-corrected chi connectivity index (χ0v) is 11.4. The first-order valence-electron chi connectivity index (χ1n) is 5.94. The molecule has 0 aliphatic rings. The third-order valence-electron chi connectivity index (χ3n) is 2.74. The molecule has 0 amide bonds. The van der Waals surface area contributed by atoms with Gasteiger partial charge in [0, 0.05) is 12.1 Å². The van der Waals surface area contributed by atoms with Crippen molar-refractivity contribution in [3.8, 4) is 22.2 Å². The van der Waals surface area contributed by atoms with Gasteiger partial charge in [0.25, 0.3) is 5.89 Å². The molecule has 0 aliphatic heterocycles. The van der Waals surface area contributed by atoms with E-state index in [1.807, 2.05) is 6.92 Å². The van der Waals surface area contributed by atoms with E-state index in [-0.39, 0.29) is 5.82 Å². The molecule has 5 nitrogen and oxygen atoms in total. The van der Waals surface area contributed by atoms with Crippen molar-refractivity contribution in [2.24, 2.45) is 5.73 Å². The summed E-state index contributed by atoms with van der Waals surface area (Å²) < 4.78 is 18.1. The molecule has 0 atom stereocenters. The number of thiazole rings is 1. The number of hydrogen-bond acceptors (Lipinski definition) is 6. The minimum atomic E-state index is -0.302. The summed E-state index contributed by atoms with van der Waals surface area (Å²) in [6.45, 7) is 2.25. The lowest BCUT2D eigenvalue weighted by atomic mass is 10.2. The number of aryl methyl sites for hydroxylation is 1. The van der Waals surface area contributed by atoms with Gasteiger partial charge in [-0.3, -0.25) is 0 Å². The van der Waals surface area contributed by atoms with Crippen LogP contribution in [0.15, 0.2) is 28.8 Å². The van der Waals surface area contributed by atoms with E-state index in [4.69, 9.17) is 10.3 Å². The predicted octanol–water partition coefficient (Wildman–Crippen LogP) is 2.77. The fourth-order valence-electron chi connectivity index (χ4n) is 1.77. The van der Waals surface area contributed by atoms with E-state index in [0.29, 0.717) is 23.8 Å². The Bertz CT molecular complexity index is 735. The highest BCUT2D eigenvalue weighted by Gasteiger charge is 2.16. The maximum atomic E-state index is 12.9. The number of halogens is 1. The number of nitrogens with zero attached hydrogens (tertiary/aromatic N) is 3. The summed E-state index contributed by atoms with van der Waals surface area (Å²) in [6, 6.07) is 5.93. The molecule has 0 saturated carbocycles. The van der Waals surface area contributed by atoms with Crippen molar-refractivity contribution in [2.75, 3.05) is 0 Å². The van der Waals surface area contributed by atoms with Gasteiger partial charge in [-0.15, -0.1) is 11.3 Å². The fourth-order valence-corrected chi connectivity index (χ4v) is 2.64. The number of aromatic nitrogens is 3. The Labute approximate surface area is 118 Å². The Balaban J connectivity index is 1.97. The van der Waals surface area contributed by atoms with Gasteiger partial charge < -0.3 is 10.3 Å². The molecular formula is C13H11FN4OS. The second-order valence-corrected chi connectivity index (χ2v) is 5.24. The summed E-state index contributed by atoms with van der Waals surface area (Å²) in [7, 11) is 0. The van der Waals surface area contributed by atoms with E-state index in [1.54, 1.807) is 12.1 Å². The molecule has 0 radical (unpaired) electrons. The third-order valence-corrected chi connectivity index (χ3v) is 3.91. The standard InChI is InChI=1S/C13H11FN4OS/c1-7-11(20-10(6-15)16-7)13-17-12(18-19-13)8-2-4-9(14)5-3-8/h2-5H,6,15H2,1H3. The van der Waals surface area contributed by atoms with Crippen molar-refractivity contribution < 1.29 is 8.91 Å². The number of nitrogens with two attached hydrogens (primary N) is 1. The molecule has 3 rings (SSSR count). The van der Waals surface area contributed by atoms with Crippen LogP contribution in [0, 0.1) is 12.7 Å². The van der Waals surface area contributed by atoms with E-state index in [0.717, 1.165) is 15.6 Å². The monoisotopic (exact) mass is 290 g/mol. The smallest absolute Gasteiger partial charge is 0.270 e. The molecular weight excluding hydrogens is 279 g/mol. The predicted molar refractivity (Wildman–Crippen MR) is 73.4 cm³/mol. The molecule has 3 aromatic rings. The molecule has 0 fully saturated rings. The minimum absolute atomic E-state index is 0.302. The highest BCUT2D eigenvalue weighted by atomic mass is 32.1. The Morgan fingerprint density at radius 3 is 2.65 bits per heavy atom. The Morgan fingerprint density at radius 1 is 1.25 bits per heavy atom. The van der Waals surface area contributed by atoms with Crippen LogP contribution in [-0.2, 0) is 6.54 Å². The SMILES string of the molecule is Cc1nc(CN)sc1-c1nc(-c2ccc(F)cc2)no1. The zero-order chi connectivity index (χ0) is 14.1. The average molecular weight is 290 g/mol. The van der Waals surface area contributed by atoms with Crippen LogP contribution in [0.3, 0.4) is 0 Å². The summed E-state index contributed by atoms with van der Waals surface area (Å²) in [5.74, 6) is 0.518. The first-order valence-corrected chi connectivity index (χ1v) is 6.75. The van der Waals surface area contributed by atoms with Gasteiger partial charge in [0.05, 0.1) is 5.69 Å². The van der Waals surface area contributed by atoms with Crippen molar-refractivity contribution in [2.45, 2.75) is 13.5 Å². The van der Waals surface area contributed by atoms with Crippen LogP contribution in [0.5, 0.6) is 0 Å². The zero-order valence-electron chi connectivity index (χ0n) is 10.6. The van der Waals surface area contributed by atoms with Crippen molar-refractivity contribution in [1.29, 1.82) is 0 Å². The molecule has 0 aliphatic carbocycles. The summed E-state index contributed by atoms with van der Waals surface area (Å²) in [4.78, 5) is 9.44. The molecule has 2 N–H and O–H groups in total. The molecule has 2 heterocycles. The van der Waals surface area contributed by atoms with Crippen LogP contribution < -0.4 is 5.73 Å². The van der Waals surface area contributed by atoms with Crippen molar-refractivity contribution in [3.63, 3.8) is 0 Å². The summed E-state index contributed by atoms with van der Waals surface area (Å²) in [5, 5.41) is 4.73. The van der Waals surface area contributed by atoms with Crippen molar-refractivity contribution in [3.05, 3.63) is 40.8 Å². The van der Waals surface area contributed by atoms with Gasteiger partial charge >= 0.3 is 0 Å². The van der Waals surface area contributed by atoms with Crippen LogP contribution >= 0.6 is 11.3 Å². The number of rotatable bonds is 3. The van der Waals surface area contributed by atoms with Gasteiger partial charge in [-0.25, -0.2) is 9.37 Å². The van der Waals surface area contributed by atoms with Crippen LogP contribution in [-0.4, -0.2) is 15.1 Å². The molecule has 2 aromatic heterocycles. The molecule has 0 spiro atoms. The second-order valence-electron chi connectivity index (χ2n) is 4.16. The summed E-state index contributed by atoms with van der Waals surface area (Å²) in [6.07, 6.45) is 0. The second kappa shape index (κ2) is 5.10. The molecule has 102 valence electrons. The molecule has 0 bridgehead atoms. The maximum Gasteiger partial charge on any atom is 0.270 e. The van der Waals surface area contributed by atoms with Crippen LogP contribution in [0.25, 0.3) is 22.2 Å². The summed E-state index contributed by atoms with van der Waals surface area (Å²) >= 11 is 1.43. The summed E-state index contributed by atoms with van der Waals surface area (Å²) in [5.41, 5.74) is 7.07. The number of hydrogen-bond donors (Lipinski definition) is 1. The van der Waals surface area contributed by atoms with E-state index < -0.39 is 0 Å². The minimum Gasteiger partial charge on any atom is -0.333 e. The van der Waals surface area contributed by atoms with Gasteiger partial charge in [-0.1, -0.05) is 5.16 Å². The first kappa shape index (κ1) is 12.9. The van der Waals surface area contributed by atoms with Gasteiger partial charge in [0.15, 0.2) is 0 Å². The number of benzene rings is 1. The van der Waals surface area contributed by atoms with Crippen molar-refractivity contribution in [1.82, 2.24) is 15.1 Å². The van der Waals surface area contributed by atoms with E-state index in [2.05, 4.69) is 15.1 Å². The third kappa shape index (κ3) is 2.33.